The number of aliphatic imine (C=N–C) groups is 1. The fourth-order valence-corrected chi connectivity index (χ4v) is 5.92. The summed E-state index contributed by atoms with van der Waals surface area (Å²) in [7, 11) is 0. The van der Waals surface area contributed by atoms with Crippen LogP contribution in [-0.4, -0.2) is 71.8 Å². The Morgan fingerprint density at radius 3 is 2.62 bits per heavy atom. The van der Waals surface area contributed by atoms with Gasteiger partial charge in [-0.1, -0.05) is 35.0 Å². The van der Waals surface area contributed by atoms with Crippen molar-refractivity contribution in [2.75, 3.05) is 32.8 Å². The number of carbonyl (C=O) groups excluding carboxylic acids is 1. The second-order valence-electron chi connectivity index (χ2n) is 10.8. The zero-order valence-electron chi connectivity index (χ0n) is 25.0. The van der Waals surface area contributed by atoms with Crippen molar-refractivity contribution in [1.82, 2.24) is 25.7 Å². The molecule has 9 nitrogen and oxygen atoms in total. The van der Waals surface area contributed by atoms with Crippen molar-refractivity contribution in [3.63, 3.8) is 0 Å². The molecule has 5 rings (SSSR count). The van der Waals surface area contributed by atoms with Crippen molar-refractivity contribution in [2.45, 2.75) is 65.1 Å². The van der Waals surface area contributed by atoms with Crippen LogP contribution in [-0.2, 0) is 9.53 Å². The Hall–Kier alpha value is -3.11. The third-order valence-corrected chi connectivity index (χ3v) is 8.19. The Morgan fingerprint density at radius 1 is 1.24 bits per heavy atom. The van der Waals surface area contributed by atoms with Crippen molar-refractivity contribution in [3.8, 4) is 11.4 Å². The smallest absolute Gasteiger partial charge is 0.260 e. The average Bonchev–Trinajstić information content (AvgIpc) is 3.45. The van der Waals surface area contributed by atoms with Crippen LogP contribution >= 0.6 is 11.6 Å². The van der Waals surface area contributed by atoms with Crippen molar-refractivity contribution in [2.24, 2.45) is 10.9 Å². The number of nitrogens with one attached hydrogen (secondary N) is 2. The molecular formula is C32H43ClN6O3. The van der Waals surface area contributed by atoms with Crippen LogP contribution in [0.1, 0.15) is 57.4 Å². The molecule has 42 heavy (non-hydrogen) atoms. The minimum atomic E-state index is -0.140. The number of hydrogen-bond acceptors (Lipinski definition) is 8. The molecule has 226 valence electrons. The minimum Gasteiger partial charge on any atom is -0.381 e. The molecule has 0 aliphatic carbocycles. The molecule has 2 saturated heterocycles. The van der Waals surface area contributed by atoms with E-state index < -0.39 is 0 Å². The van der Waals surface area contributed by atoms with Crippen LogP contribution in [0.25, 0.3) is 17.0 Å². The quantitative estimate of drug-likeness (QED) is 0.385. The number of benzene rings is 1. The van der Waals surface area contributed by atoms with Crippen LogP contribution in [0.4, 0.5) is 0 Å². The SMILES string of the molecule is C/C=C1/C=C(c2ccc(-c3noc(C)n3)cc2Cl)C(=O)N(CCC2CCNCC2)/C1=N/C(C)NC1CCOCC1.C=C. The maximum atomic E-state index is 14.2. The highest BCUT2D eigenvalue weighted by Gasteiger charge is 2.33. The van der Waals surface area contributed by atoms with Gasteiger partial charge in [0.15, 0.2) is 0 Å². The molecule has 2 aromatic rings. The number of aryl methyl sites for hydroxylation is 1. The molecule has 2 N–H and O–H groups in total. The van der Waals surface area contributed by atoms with E-state index in [0.29, 0.717) is 52.2 Å². The highest BCUT2D eigenvalue weighted by molar-refractivity contribution is 6.37. The number of amides is 1. The molecule has 0 bridgehead atoms. The Labute approximate surface area is 254 Å². The summed E-state index contributed by atoms with van der Waals surface area (Å²) in [6, 6.07) is 5.88. The summed E-state index contributed by atoms with van der Waals surface area (Å²) in [5, 5.41) is 11.5. The maximum absolute atomic E-state index is 14.2. The lowest BCUT2D eigenvalue weighted by molar-refractivity contribution is -0.121. The monoisotopic (exact) mass is 594 g/mol. The van der Waals surface area contributed by atoms with E-state index in [2.05, 4.69) is 40.9 Å². The van der Waals surface area contributed by atoms with E-state index >= 15 is 0 Å². The van der Waals surface area contributed by atoms with E-state index in [1.165, 1.54) is 0 Å². The number of allylic oxidation sites excluding steroid dienone is 1. The number of amidine groups is 1. The van der Waals surface area contributed by atoms with Crippen LogP contribution in [0.2, 0.25) is 5.02 Å². The van der Waals surface area contributed by atoms with E-state index in [1.807, 2.05) is 36.1 Å². The molecule has 2 fully saturated rings. The zero-order chi connectivity index (χ0) is 30.1. The zero-order valence-corrected chi connectivity index (χ0v) is 25.8. The molecular weight excluding hydrogens is 552 g/mol. The van der Waals surface area contributed by atoms with Gasteiger partial charge in [-0.3, -0.25) is 15.0 Å². The molecule has 1 aromatic carbocycles. The summed E-state index contributed by atoms with van der Waals surface area (Å²) in [5.74, 6) is 2.16. The Bertz CT molecular complexity index is 1310. The van der Waals surface area contributed by atoms with Gasteiger partial charge in [-0.15, -0.1) is 13.2 Å². The van der Waals surface area contributed by atoms with Gasteiger partial charge in [-0.25, -0.2) is 4.99 Å². The van der Waals surface area contributed by atoms with Crippen LogP contribution in [0, 0.1) is 12.8 Å². The van der Waals surface area contributed by atoms with Gasteiger partial charge >= 0.3 is 0 Å². The molecule has 1 amide bonds. The largest absolute Gasteiger partial charge is 0.381 e. The first kappa shape index (κ1) is 31.8. The minimum absolute atomic E-state index is 0.0818. The fraction of sp³-hybridized carbons (Fsp3) is 0.500. The summed E-state index contributed by atoms with van der Waals surface area (Å²) in [6.07, 6.45) is 8.91. The first-order valence-electron chi connectivity index (χ1n) is 14.9. The van der Waals surface area contributed by atoms with Crippen LogP contribution in [0.5, 0.6) is 0 Å². The van der Waals surface area contributed by atoms with Gasteiger partial charge in [0.1, 0.15) is 5.84 Å². The van der Waals surface area contributed by atoms with Gasteiger partial charge in [-0.05, 0) is 77.1 Å². The van der Waals surface area contributed by atoms with Crippen molar-refractivity contribution in [1.29, 1.82) is 0 Å². The number of hydrogen-bond donors (Lipinski definition) is 2. The molecule has 1 atom stereocenters. The number of halogens is 1. The summed E-state index contributed by atoms with van der Waals surface area (Å²) < 4.78 is 10.6. The molecule has 10 heteroatoms. The second kappa shape index (κ2) is 15.4. The van der Waals surface area contributed by atoms with Gasteiger partial charge in [0.2, 0.25) is 11.7 Å². The van der Waals surface area contributed by atoms with E-state index in [0.717, 1.165) is 69.5 Å². The third-order valence-electron chi connectivity index (χ3n) is 7.88. The third kappa shape index (κ3) is 7.83. The molecule has 1 aromatic heterocycles. The summed E-state index contributed by atoms with van der Waals surface area (Å²) in [6.45, 7) is 16.0. The van der Waals surface area contributed by atoms with Gasteiger partial charge in [0, 0.05) is 60.0 Å². The molecule has 1 unspecified atom stereocenters. The summed E-state index contributed by atoms with van der Waals surface area (Å²) in [4.78, 5) is 25.4. The number of aromatic nitrogens is 2. The standard InChI is InChI=1S/C30H39ClN6O3.C2H4/c1-4-22-17-26(25-6-5-23(18-27(25)31)28-35-20(3)40-36-28)30(38)37(14-9-21-7-12-32-13-8-21)29(22)34-19(2)33-24-10-15-39-16-11-24;1-2/h4-6,17-19,21,24,32-33H,7-16H2,1-3H3;1-2H2/b22-4-,34-29+;. The van der Waals surface area contributed by atoms with Crippen LogP contribution in [0.15, 0.2) is 58.6 Å². The van der Waals surface area contributed by atoms with E-state index in [4.69, 9.17) is 25.9 Å². The van der Waals surface area contributed by atoms with Crippen LogP contribution < -0.4 is 10.6 Å². The summed E-state index contributed by atoms with van der Waals surface area (Å²) >= 11 is 6.78. The van der Waals surface area contributed by atoms with E-state index in [1.54, 1.807) is 13.0 Å². The predicted octanol–water partition coefficient (Wildman–Crippen LogP) is 5.58. The molecule has 3 aliphatic heterocycles. The molecule has 4 heterocycles. The maximum Gasteiger partial charge on any atom is 0.260 e. The average molecular weight is 595 g/mol. The molecule has 0 radical (unpaired) electrons. The van der Waals surface area contributed by atoms with Gasteiger partial charge < -0.3 is 14.6 Å². The molecule has 0 saturated carbocycles. The number of carbonyl (C=O) groups is 1. The van der Waals surface area contributed by atoms with Gasteiger partial charge in [-0.2, -0.15) is 4.98 Å². The van der Waals surface area contributed by atoms with E-state index in [9.17, 15) is 4.79 Å². The number of ether oxygens (including phenoxy) is 1. The van der Waals surface area contributed by atoms with Crippen molar-refractivity contribution >= 4 is 28.9 Å². The normalized spacial score (nSPS) is 21.3. The first-order chi connectivity index (χ1) is 20.4. The highest BCUT2D eigenvalue weighted by atomic mass is 35.5. The number of nitrogens with zero attached hydrogens (tertiary/aromatic N) is 4. The second-order valence-corrected chi connectivity index (χ2v) is 11.2. The topological polar surface area (TPSA) is 105 Å². The molecule has 3 aliphatic rings. The van der Waals surface area contributed by atoms with Crippen molar-refractivity contribution in [3.05, 3.63) is 65.6 Å². The fourth-order valence-electron chi connectivity index (χ4n) is 5.63. The number of rotatable bonds is 8. The Balaban J connectivity index is 0.00000198. The summed E-state index contributed by atoms with van der Waals surface area (Å²) in [5.41, 5.74) is 2.88. The van der Waals surface area contributed by atoms with Gasteiger partial charge in [0.25, 0.3) is 5.91 Å². The van der Waals surface area contributed by atoms with Gasteiger partial charge in [0.05, 0.1) is 6.17 Å². The Kier molecular flexibility index (Phi) is 11.7. The lowest BCUT2D eigenvalue weighted by Crippen LogP contribution is -2.45. The van der Waals surface area contributed by atoms with E-state index in [-0.39, 0.29) is 12.1 Å². The lowest BCUT2D eigenvalue weighted by Gasteiger charge is -2.33. The predicted molar refractivity (Wildman–Crippen MR) is 168 cm³/mol. The number of piperidine rings is 1. The molecule has 0 spiro atoms. The van der Waals surface area contributed by atoms with Crippen LogP contribution in [0.3, 0.4) is 0 Å². The lowest BCUT2D eigenvalue weighted by atomic mass is 9.92. The van der Waals surface area contributed by atoms with Crippen molar-refractivity contribution < 1.29 is 14.1 Å². The Morgan fingerprint density at radius 2 is 1.98 bits per heavy atom. The first-order valence-corrected chi connectivity index (χ1v) is 15.2. The highest BCUT2D eigenvalue weighted by Crippen LogP contribution is 2.34.